The van der Waals surface area contributed by atoms with Crippen LogP contribution in [-0.4, -0.2) is 33.2 Å². The van der Waals surface area contributed by atoms with Crippen molar-refractivity contribution in [3.63, 3.8) is 0 Å². The molecule has 0 heterocycles. The van der Waals surface area contributed by atoms with E-state index in [-0.39, 0.29) is 11.2 Å². The van der Waals surface area contributed by atoms with Crippen molar-refractivity contribution >= 4 is 16.6 Å². The molecule has 1 aliphatic carbocycles. The monoisotopic (exact) mass is 312 g/mol. The van der Waals surface area contributed by atoms with E-state index in [2.05, 4.69) is 39.0 Å². The number of ketones is 1. The Morgan fingerprint density at radius 3 is 2.22 bits per heavy atom. The molecule has 0 aliphatic heterocycles. The second-order valence-electron chi connectivity index (χ2n) is 7.42. The first-order valence-electron chi connectivity index (χ1n) is 7.96. The maximum absolute atomic E-state index is 13.3. The minimum atomic E-state index is -0.755. The van der Waals surface area contributed by atoms with Crippen molar-refractivity contribution in [1.82, 2.24) is 0 Å². The largest absolute Gasteiger partial charge is 0.383 e. The van der Waals surface area contributed by atoms with Gasteiger partial charge in [0.05, 0.1) is 13.2 Å². The summed E-state index contributed by atoms with van der Waals surface area (Å²) in [6.07, 6.45) is 0. The first-order chi connectivity index (χ1) is 10.9. The molecular formula is C20H24O3. The number of rotatable bonds is 4. The number of Topliss-reactive ketones (excluding diaryl/α,β-unsaturated/α-hetero) is 1. The number of hydrogen-bond acceptors (Lipinski definition) is 3. The summed E-state index contributed by atoms with van der Waals surface area (Å²) in [5, 5.41) is 2.17. The molecular weight excluding hydrogens is 288 g/mol. The zero-order valence-corrected chi connectivity index (χ0v) is 14.5. The van der Waals surface area contributed by atoms with Crippen LogP contribution in [0.25, 0.3) is 10.8 Å². The van der Waals surface area contributed by atoms with Crippen molar-refractivity contribution < 1.29 is 14.3 Å². The first-order valence-corrected chi connectivity index (χ1v) is 7.96. The first kappa shape index (κ1) is 16.2. The molecule has 3 rings (SSSR count). The minimum absolute atomic E-state index is 0.0615. The normalized spacial score (nSPS) is 16.3. The Hall–Kier alpha value is -1.71. The topological polar surface area (TPSA) is 35.5 Å². The molecule has 0 aromatic heterocycles. The van der Waals surface area contributed by atoms with Crippen LogP contribution in [0.5, 0.6) is 0 Å². The third kappa shape index (κ3) is 2.22. The van der Waals surface area contributed by atoms with Gasteiger partial charge in [0.1, 0.15) is 5.41 Å². The van der Waals surface area contributed by atoms with Gasteiger partial charge in [-0.05, 0) is 27.3 Å². The van der Waals surface area contributed by atoms with Crippen LogP contribution in [0.3, 0.4) is 0 Å². The third-order valence-corrected chi connectivity index (χ3v) is 4.79. The Kier molecular flexibility index (Phi) is 3.81. The van der Waals surface area contributed by atoms with E-state index in [1.165, 1.54) is 5.56 Å². The van der Waals surface area contributed by atoms with E-state index < -0.39 is 5.41 Å². The van der Waals surface area contributed by atoms with Crippen molar-refractivity contribution in [2.24, 2.45) is 0 Å². The van der Waals surface area contributed by atoms with Gasteiger partial charge in [0.15, 0.2) is 5.78 Å². The van der Waals surface area contributed by atoms with Gasteiger partial charge in [-0.3, -0.25) is 4.79 Å². The molecule has 1 aliphatic rings. The summed E-state index contributed by atoms with van der Waals surface area (Å²) in [5.74, 6) is 0.110. The van der Waals surface area contributed by atoms with E-state index in [4.69, 9.17) is 9.47 Å². The maximum Gasteiger partial charge on any atom is 0.178 e. The number of methoxy groups -OCH3 is 2. The number of benzene rings is 2. The fraction of sp³-hybridized carbons (Fsp3) is 0.450. The fourth-order valence-electron chi connectivity index (χ4n) is 3.87. The molecule has 0 bridgehead atoms. The van der Waals surface area contributed by atoms with Gasteiger partial charge in [-0.2, -0.15) is 0 Å². The van der Waals surface area contributed by atoms with Crippen LogP contribution >= 0.6 is 0 Å². The van der Waals surface area contributed by atoms with Gasteiger partial charge in [-0.1, -0.05) is 51.1 Å². The van der Waals surface area contributed by atoms with Gasteiger partial charge in [0.25, 0.3) is 0 Å². The summed E-state index contributed by atoms with van der Waals surface area (Å²) in [6, 6.07) is 10.2. The molecule has 0 saturated heterocycles. The van der Waals surface area contributed by atoms with Crippen LogP contribution in [0.2, 0.25) is 0 Å². The average Bonchev–Trinajstić information content (AvgIpc) is 2.73. The lowest BCUT2D eigenvalue weighted by molar-refractivity contribution is 0.0478. The summed E-state index contributed by atoms with van der Waals surface area (Å²) in [5.41, 5.74) is 2.26. The molecule has 0 fully saturated rings. The van der Waals surface area contributed by atoms with Crippen molar-refractivity contribution in [3.05, 3.63) is 47.0 Å². The van der Waals surface area contributed by atoms with Crippen molar-refractivity contribution in [3.8, 4) is 0 Å². The summed E-state index contributed by atoms with van der Waals surface area (Å²) < 4.78 is 11.0. The van der Waals surface area contributed by atoms with Crippen molar-refractivity contribution in [2.75, 3.05) is 27.4 Å². The van der Waals surface area contributed by atoms with Crippen LogP contribution in [0.4, 0.5) is 0 Å². The Bertz CT molecular complexity index is 762. The standard InChI is InChI=1S/C20H24O3/c1-19(2,3)15-10-9-13-7-6-8-14-16(13)17(15)20(11-22-4,12-23-5)18(14)21/h6-10H,11-12H2,1-5H3. The van der Waals surface area contributed by atoms with Gasteiger partial charge in [-0.25, -0.2) is 0 Å². The summed E-state index contributed by atoms with van der Waals surface area (Å²) in [4.78, 5) is 13.3. The van der Waals surface area contributed by atoms with Gasteiger partial charge < -0.3 is 9.47 Å². The van der Waals surface area contributed by atoms with E-state index in [1.807, 2.05) is 12.1 Å². The lowest BCUT2D eigenvalue weighted by Gasteiger charge is -2.33. The molecule has 3 heteroatoms. The Morgan fingerprint density at radius 2 is 1.65 bits per heavy atom. The molecule has 0 atom stereocenters. The van der Waals surface area contributed by atoms with E-state index in [9.17, 15) is 4.79 Å². The highest BCUT2D eigenvalue weighted by Crippen LogP contribution is 2.47. The Balaban J connectivity index is 2.44. The van der Waals surface area contributed by atoms with Crippen molar-refractivity contribution in [2.45, 2.75) is 31.6 Å². The molecule has 0 amide bonds. The van der Waals surface area contributed by atoms with Crippen LogP contribution in [0.15, 0.2) is 30.3 Å². The molecule has 3 nitrogen and oxygen atoms in total. The highest BCUT2D eigenvalue weighted by Gasteiger charge is 2.50. The van der Waals surface area contributed by atoms with Gasteiger partial charge in [0.2, 0.25) is 0 Å². The average molecular weight is 312 g/mol. The second kappa shape index (κ2) is 5.43. The maximum atomic E-state index is 13.3. The molecule has 2 aromatic rings. The third-order valence-electron chi connectivity index (χ3n) is 4.79. The quantitative estimate of drug-likeness (QED) is 0.860. The highest BCUT2D eigenvalue weighted by atomic mass is 16.5. The Morgan fingerprint density at radius 1 is 1.00 bits per heavy atom. The molecule has 0 N–H and O–H groups in total. The zero-order chi connectivity index (χ0) is 16.8. The van der Waals surface area contributed by atoms with Crippen LogP contribution in [0, 0.1) is 0 Å². The number of carbonyl (C=O) groups excluding carboxylic acids is 1. The molecule has 0 saturated carbocycles. The smallest absolute Gasteiger partial charge is 0.178 e. The summed E-state index contributed by atoms with van der Waals surface area (Å²) >= 11 is 0. The van der Waals surface area contributed by atoms with Gasteiger partial charge >= 0.3 is 0 Å². The number of carbonyl (C=O) groups is 1. The lowest BCUT2D eigenvalue weighted by atomic mass is 9.73. The van der Waals surface area contributed by atoms with Gasteiger partial charge in [0, 0.05) is 19.8 Å². The molecule has 23 heavy (non-hydrogen) atoms. The lowest BCUT2D eigenvalue weighted by Crippen LogP contribution is -2.43. The molecule has 0 unspecified atom stereocenters. The van der Waals surface area contributed by atoms with E-state index in [0.717, 1.165) is 21.9 Å². The fourth-order valence-corrected chi connectivity index (χ4v) is 3.87. The SMILES string of the molecule is COCC1(COC)C(=O)c2cccc3ccc(C(C)(C)C)c1c23. The molecule has 122 valence electrons. The minimum Gasteiger partial charge on any atom is -0.383 e. The zero-order valence-electron chi connectivity index (χ0n) is 14.5. The van der Waals surface area contributed by atoms with Crippen LogP contribution < -0.4 is 0 Å². The number of ether oxygens (including phenoxy) is 2. The molecule has 0 radical (unpaired) electrons. The molecule has 2 aromatic carbocycles. The van der Waals surface area contributed by atoms with Gasteiger partial charge in [-0.15, -0.1) is 0 Å². The predicted molar refractivity (Wildman–Crippen MR) is 92.4 cm³/mol. The predicted octanol–water partition coefficient (Wildman–Crippen LogP) is 3.86. The van der Waals surface area contributed by atoms with E-state index in [0.29, 0.717) is 13.2 Å². The van der Waals surface area contributed by atoms with Crippen molar-refractivity contribution in [1.29, 1.82) is 0 Å². The van der Waals surface area contributed by atoms with Crippen LogP contribution in [-0.2, 0) is 20.3 Å². The number of hydrogen-bond donors (Lipinski definition) is 0. The Labute approximate surface area is 137 Å². The van der Waals surface area contributed by atoms with E-state index >= 15 is 0 Å². The molecule has 0 spiro atoms. The second-order valence-corrected chi connectivity index (χ2v) is 7.42. The van der Waals surface area contributed by atoms with E-state index in [1.54, 1.807) is 14.2 Å². The summed E-state index contributed by atoms with van der Waals surface area (Å²) in [7, 11) is 3.29. The highest BCUT2D eigenvalue weighted by molar-refractivity contribution is 6.21. The summed E-state index contributed by atoms with van der Waals surface area (Å²) in [6.45, 7) is 7.20. The van der Waals surface area contributed by atoms with Crippen LogP contribution in [0.1, 0.15) is 42.3 Å².